The molecule has 50 heavy (non-hydrogen) atoms. The van der Waals surface area contributed by atoms with Crippen molar-refractivity contribution < 1.29 is 24.2 Å². The van der Waals surface area contributed by atoms with Gasteiger partial charge in [-0.1, -0.05) is 143 Å². The van der Waals surface area contributed by atoms with Gasteiger partial charge in [0.25, 0.3) is 0 Å². The van der Waals surface area contributed by atoms with Crippen LogP contribution in [0.4, 0.5) is 0 Å². The van der Waals surface area contributed by atoms with Crippen LogP contribution in [0, 0.1) is 0 Å². The average Bonchev–Trinajstić information content (AvgIpc) is 3.12. The summed E-state index contributed by atoms with van der Waals surface area (Å²) >= 11 is 0. The fourth-order valence-electron chi connectivity index (χ4n) is 4.82. The molecule has 0 aromatic rings. The van der Waals surface area contributed by atoms with E-state index in [0.717, 1.165) is 70.6 Å². The van der Waals surface area contributed by atoms with Crippen molar-refractivity contribution in [2.45, 2.75) is 161 Å². The molecule has 0 saturated heterocycles. The zero-order valence-corrected chi connectivity index (χ0v) is 31.9. The van der Waals surface area contributed by atoms with Crippen LogP contribution in [0.3, 0.4) is 0 Å². The molecule has 0 unspecified atom stereocenters. The normalized spacial score (nSPS) is 13.3. The standard InChI is InChI=1S/C45H72O5/c1-3-5-7-9-11-13-15-17-19-21-22-24-25-27-29-31-33-35-37-39-44(47)49-42-43(41-46)50-45(48)40-38-36-34-32-30-28-26-23-20-18-16-14-12-10-8-6-4-2/h11-14,17-20,22,24,26-29,32,34,43,46H,3-10,15-16,21,23,25,30-31,33,35-42H2,1-2H3/t43-/m0/s1. The van der Waals surface area contributed by atoms with Crippen molar-refractivity contribution in [3.63, 3.8) is 0 Å². The highest BCUT2D eigenvalue weighted by molar-refractivity contribution is 5.70. The minimum atomic E-state index is -0.819. The van der Waals surface area contributed by atoms with E-state index in [1.54, 1.807) is 0 Å². The van der Waals surface area contributed by atoms with E-state index < -0.39 is 6.10 Å². The smallest absolute Gasteiger partial charge is 0.306 e. The lowest BCUT2D eigenvalue weighted by atomic mass is 10.1. The molecular weight excluding hydrogens is 620 g/mol. The van der Waals surface area contributed by atoms with Crippen LogP contribution in [0.2, 0.25) is 0 Å². The average molecular weight is 693 g/mol. The monoisotopic (exact) mass is 693 g/mol. The first-order chi connectivity index (χ1) is 24.6. The molecule has 0 aliphatic rings. The van der Waals surface area contributed by atoms with Crippen LogP contribution in [0.5, 0.6) is 0 Å². The molecule has 282 valence electrons. The van der Waals surface area contributed by atoms with Crippen LogP contribution in [0.25, 0.3) is 0 Å². The fraction of sp³-hybridized carbons (Fsp3) is 0.600. The molecule has 0 fully saturated rings. The van der Waals surface area contributed by atoms with Gasteiger partial charge in [0.15, 0.2) is 6.10 Å². The number of unbranched alkanes of at least 4 members (excludes halogenated alkanes) is 10. The maximum atomic E-state index is 12.1. The lowest BCUT2D eigenvalue weighted by molar-refractivity contribution is -0.161. The van der Waals surface area contributed by atoms with Crippen molar-refractivity contribution in [1.29, 1.82) is 0 Å². The summed E-state index contributed by atoms with van der Waals surface area (Å²) in [7, 11) is 0. The molecule has 5 nitrogen and oxygen atoms in total. The molecule has 1 N–H and O–H groups in total. The number of hydrogen-bond donors (Lipinski definition) is 1. The van der Waals surface area contributed by atoms with Gasteiger partial charge in [-0.15, -0.1) is 0 Å². The molecule has 1 atom stereocenters. The molecule has 0 amide bonds. The first kappa shape index (κ1) is 46.8. The summed E-state index contributed by atoms with van der Waals surface area (Å²) in [6, 6.07) is 0. The summed E-state index contributed by atoms with van der Waals surface area (Å²) in [5, 5.41) is 9.54. The van der Waals surface area contributed by atoms with E-state index in [1.807, 2.05) is 0 Å². The number of hydrogen-bond acceptors (Lipinski definition) is 5. The van der Waals surface area contributed by atoms with Crippen molar-refractivity contribution in [1.82, 2.24) is 0 Å². The van der Waals surface area contributed by atoms with Gasteiger partial charge in [-0.2, -0.15) is 0 Å². The minimum absolute atomic E-state index is 0.111. The Morgan fingerprint density at radius 3 is 1.22 bits per heavy atom. The quantitative estimate of drug-likeness (QED) is 0.0413. The third-order valence-corrected chi connectivity index (χ3v) is 7.85. The summed E-state index contributed by atoms with van der Waals surface area (Å²) in [6.45, 7) is 3.98. The van der Waals surface area contributed by atoms with E-state index in [-0.39, 0.29) is 31.6 Å². The van der Waals surface area contributed by atoms with Crippen LogP contribution in [-0.2, 0) is 19.1 Å². The van der Waals surface area contributed by atoms with E-state index in [9.17, 15) is 14.7 Å². The Balaban J connectivity index is 3.76. The number of allylic oxidation sites excluding steroid dienone is 16. The molecule has 0 rings (SSSR count). The molecule has 0 radical (unpaired) electrons. The van der Waals surface area contributed by atoms with Crippen LogP contribution >= 0.6 is 0 Å². The van der Waals surface area contributed by atoms with Gasteiger partial charge in [0.1, 0.15) is 6.61 Å². The van der Waals surface area contributed by atoms with Crippen LogP contribution in [0.1, 0.15) is 155 Å². The molecular formula is C45H72O5. The Morgan fingerprint density at radius 1 is 0.460 bits per heavy atom. The van der Waals surface area contributed by atoms with E-state index in [2.05, 4.69) is 111 Å². The van der Waals surface area contributed by atoms with Crippen molar-refractivity contribution in [2.75, 3.05) is 13.2 Å². The fourth-order valence-corrected chi connectivity index (χ4v) is 4.82. The third kappa shape index (κ3) is 37.6. The topological polar surface area (TPSA) is 72.8 Å². The molecule has 0 heterocycles. The number of aliphatic hydroxyl groups excluding tert-OH is 1. The van der Waals surface area contributed by atoms with Gasteiger partial charge in [0.05, 0.1) is 6.61 Å². The predicted octanol–water partition coefficient (Wildman–Crippen LogP) is 12.5. The van der Waals surface area contributed by atoms with Gasteiger partial charge in [-0.05, 0) is 96.3 Å². The van der Waals surface area contributed by atoms with Crippen LogP contribution < -0.4 is 0 Å². The maximum absolute atomic E-state index is 12.1. The first-order valence-corrected chi connectivity index (χ1v) is 19.8. The van der Waals surface area contributed by atoms with E-state index in [1.165, 1.54) is 51.4 Å². The molecule has 0 spiro atoms. The number of carbonyl (C=O) groups excluding carboxylic acids is 2. The Morgan fingerprint density at radius 2 is 0.820 bits per heavy atom. The molecule has 0 aromatic heterocycles. The van der Waals surface area contributed by atoms with Gasteiger partial charge in [-0.25, -0.2) is 0 Å². The number of esters is 2. The van der Waals surface area contributed by atoms with Crippen LogP contribution in [0.15, 0.2) is 97.2 Å². The van der Waals surface area contributed by atoms with E-state index in [0.29, 0.717) is 12.8 Å². The van der Waals surface area contributed by atoms with Gasteiger partial charge in [0.2, 0.25) is 0 Å². The zero-order chi connectivity index (χ0) is 36.4. The van der Waals surface area contributed by atoms with Crippen molar-refractivity contribution in [3.8, 4) is 0 Å². The number of ether oxygens (including phenoxy) is 2. The Labute approximate surface area is 307 Å². The second kappa shape index (κ2) is 40.3. The largest absolute Gasteiger partial charge is 0.462 e. The predicted molar refractivity (Wildman–Crippen MR) is 214 cm³/mol. The maximum Gasteiger partial charge on any atom is 0.306 e. The minimum Gasteiger partial charge on any atom is -0.462 e. The second-order valence-electron chi connectivity index (χ2n) is 12.6. The molecule has 0 saturated carbocycles. The van der Waals surface area contributed by atoms with Gasteiger partial charge in [0, 0.05) is 12.8 Å². The van der Waals surface area contributed by atoms with Gasteiger partial charge >= 0.3 is 11.9 Å². The Hall–Kier alpha value is -3.18. The first-order valence-electron chi connectivity index (χ1n) is 19.8. The second-order valence-corrected chi connectivity index (χ2v) is 12.6. The van der Waals surface area contributed by atoms with Crippen LogP contribution in [-0.4, -0.2) is 36.4 Å². The highest BCUT2D eigenvalue weighted by atomic mass is 16.6. The van der Waals surface area contributed by atoms with Gasteiger partial charge in [-0.3, -0.25) is 9.59 Å². The van der Waals surface area contributed by atoms with E-state index in [4.69, 9.17) is 9.47 Å². The lowest BCUT2D eigenvalue weighted by Crippen LogP contribution is -2.28. The number of carbonyl (C=O) groups is 2. The molecule has 0 aromatic carbocycles. The van der Waals surface area contributed by atoms with Crippen molar-refractivity contribution >= 4 is 11.9 Å². The highest BCUT2D eigenvalue weighted by Crippen LogP contribution is 2.08. The summed E-state index contributed by atoms with van der Waals surface area (Å²) in [5.41, 5.74) is 0. The SMILES string of the molecule is CCCCCC=CCC=CCC=CCC=CCCCCCC(=O)OC[C@H](CO)OC(=O)CCCC=CCC=CCC=CCC=CCCCCC. The number of rotatable bonds is 34. The van der Waals surface area contributed by atoms with Crippen molar-refractivity contribution in [3.05, 3.63) is 97.2 Å². The zero-order valence-electron chi connectivity index (χ0n) is 31.9. The third-order valence-electron chi connectivity index (χ3n) is 7.85. The van der Waals surface area contributed by atoms with E-state index >= 15 is 0 Å². The number of aliphatic hydroxyl groups is 1. The molecule has 0 bridgehead atoms. The summed E-state index contributed by atoms with van der Waals surface area (Å²) in [6.07, 6.45) is 56.1. The van der Waals surface area contributed by atoms with Gasteiger partial charge < -0.3 is 14.6 Å². The highest BCUT2D eigenvalue weighted by Gasteiger charge is 2.15. The lowest BCUT2D eigenvalue weighted by Gasteiger charge is -2.15. The molecule has 0 aliphatic heterocycles. The summed E-state index contributed by atoms with van der Waals surface area (Å²) in [4.78, 5) is 24.2. The molecule has 0 aliphatic carbocycles. The summed E-state index contributed by atoms with van der Waals surface area (Å²) < 4.78 is 10.5. The summed E-state index contributed by atoms with van der Waals surface area (Å²) in [5.74, 6) is -0.703. The Bertz CT molecular complexity index is 1010. The molecule has 5 heteroatoms. The Kier molecular flexibility index (Phi) is 37.7. The van der Waals surface area contributed by atoms with Crippen molar-refractivity contribution in [2.24, 2.45) is 0 Å².